The van der Waals surface area contributed by atoms with Crippen LogP contribution < -0.4 is 10.2 Å². The lowest BCUT2D eigenvalue weighted by Crippen LogP contribution is -2.36. The van der Waals surface area contributed by atoms with E-state index < -0.39 is 0 Å². The lowest BCUT2D eigenvalue weighted by Gasteiger charge is -2.30. The first-order chi connectivity index (χ1) is 14.0. The first-order valence-corrected chi connectivity index (χ1v) is 11.0. The van der Waals surface area contributed by atoms with Crippen molar-refractivity contribution in [2.24, 2.45) is 0 Å². The molecule has 0 saturated carbocycles. The van der Waals surface area contributed by atoms with E-state index in [0.29, 0.717) is 24.4 Å². The number of rotatable bonds is 5. The average Bonchev–Trinajstić information content (AvgIpc) is 3.24. The molecule has 2 aliphatic rings. The number of ether oxygens (including phenoxy) is 1. The van der Waals surface area contributed by atoms with E-state index in [2.05, 4.69) is 37.4 Å². The van der Waals surface area contributed by atoms with Crippen LogP contribution in [0.4, 0.5) is 5.69 Å². The third kappa shape index (κ3) is 4.49. The zero-order chi connectivity index (χ0) is 20.4. The Morgan fingerprint density at radius 3 is 2.90 bits per heavy atom. The minimum Gasteiger partial charge on any atom is -0.376 e. The van der Waals surface area contributed by atoms with E-state index in [1.807, 2.05) is 23.1 Å². The Hall–Kier alpha value is -2.31. The quantitative estimate of drug-likeness (QED) is 0.813. The van der Waals surface area contributed by atoms with Crippen LogP contribution in [0.2, 0.25) is 0 Å². The molecule has 29 heavy (non-hydrogen) atoms. The van der Waals surface area contributed by atoms with Crippen molar-refractivity contribution in [2.75, 3.05) is 23.8 Å². The van der Waals surface area contributed by atoms with Crippen LogP contribution in [0.3, 0.4) is 0 Å². The van der Waals surface area contributed by atoms with Gasteiger partial charge in [0, 0.05) is 23.6 Å². The van der Waals surface area contributed by atoms with E-state index in [4.69, 9.17) is 4.74 Å². The summed E-state index contributed by atoms with van der Waals surface area (Å²) in [5.74, 6) is 0.362. The Bertz CT molecular complexity index is 938. The highest BCUT2D eigenvalue weighted by Gasteiger charge is 2.26. The summed E-state index contributed by atoms with van der Waals surface area (Å²) in [6, 6.07) is 11.9. The molecule has 1 unspecified atom stereocenters. The van der Waals surface area contributed by atoms with Gasteiger partial charge >= 0.3 is 0 Å². The van der Waals surface area contributed by atoms with E-state index in [1.165, 1.54) is 17.3 Å². The molecule has 1 fully saturated rings. The number of hydrogen-bond acceptors (Lipinski definition) is 4. The molecule has 0 radical (unpaired) electrons. The third-order valence-corrected chi connectivity index (χ3v) is 6.56. The van der Waals surface area contributed by atoms with Crippen LogP contribution >= 0.6 is 11.8 Å². The van der Waals surface area contributed by atoms with Gasteiger partial charge in [-0.1, -0.05) is 23.8 Å². The standard InChI is InChI=1S/C23H26N2O3S/c1-15-5-6-16(2)18(10-15)13-25-20-11-17(7-8-21(20)29-14-22(25)26)23(27)24-12-19-4-3-9-28-19/h5-8,10-11,19H,3-4,9,12-14H2,1-2H3,(H,24,27). The molecule has 0 aliphatic carbocycles. The van der Waals surface area contributed by atoms with E-state index in [1.54, 1.807) is 0 Å². The highest BCUT2D eigenvalue weighted by atomic mass is 32.2. The van der Waals surface area contributed by atoms with Gasteiger partial charge in [-0.15, -0.1) is 11.8 Å². The number of carbonyl (C=O) groups is 2. The molecule has 1 N–H and O–H groups in total. The molecule has 4 rings (SSSR count). The number of amides is 2. The summed E-state index contributed by atoms with van der Waals surface area (Å²) in [5, 5.41) is 2.97. The SMILES string of the molecule is Cc1ccc(C)c(CN2C(=O)CSc3ccc(C(=O)NCC4CCCO4)cc32)c1. The molecule has 152 valence electrons. The summed E-state index contributed by atoms with van der Waals surface area (Å²) < 4.78 is 5.58. The van der Waals surface area contributed by atoms with Crippen molar-refractivity contribution in [3.63, 3.8) is 0 Å². The smallest absolute Gasteiger partial charge is 0.251 e. The molecule has 2 aromatic rings. The molecule has 6 heteroatoms. The Morgan fingerprint density at radius 1 is 1.24 bits per heavy atom. The molecule has 0 bridgehead atoms. The minimum atomic E-state index is -0.127. The number of aryl methyl sites for hydroxylation is 2. The number of nitrogens with zero attached hydrogens (tertiary/aromatic N) is 1. The largest absolute Gasteiger partial charge is 0.376 e. The van der Waals surface area contributed by atoms with Gasteiger partial charge in [-0.3, -0.25) is 9.59 Å². The second-order valence-electron chi connectivity index (χ2n) is 7.73. The van der Waals surface area contributed by atoms with Crippen LogP contribution in [0.1, 0.15) is 39.9 Å². The monoisotopic (exact) mass is 410 g/mol. The van der Waals surface area contributed by atoms with Crippen molar-refractivity contribution in [1.82, 2.24) is 5.32 Å². The Labute approximate surface area is 175 Å². The van der Waals surface area contributed by atoms with E-state index in [-0.39, 0.29) is 17.9 Å². The summed E-state index contributed by atoms with van der Waals surface area (Å²) in [5.41, 5.74) is 4.85. The molecule has 5 nitrogen and oxygen atoms in total. The normalized spacial score (nSPS) is 18.6. The Balaban J connectivity index is 1.56. The predicted molar refractivity (Wildman–Crippen MR) is 116 cm³/mol. The van der Waals surface area contributed by atoms with Crippen LogP contribution in [-0.2, 0) is 16.1 Å². The molecular formula is C23H26N2O3S. The number of fused-ring (bicyclic) bond motifs is 1. The number of carbonyl (C=O) groups excluding carboxylic acids is 2. The Morgan fingerprint density at radius 2 is 2.10 bits per heavy atom. The van der Waals surface area contributed by atoms with E-state index in [9.17, 15) is 9.59 Å². The molecule has 0 aromatic heterocycles. The summed E-state index contributed by atoms with van der Waals surface area (Å²) in [4.78, 5) is 28.2. The van der Waals surface area contributed by atoms with Crippen LogP contribution in [0, 0.1) is 13.8 Å². The lowest BCUT2D eigenvalue weighted by atomic mass is 10.0. The summed E-state index contributed by atoms with van der Waals surface area (Å²) in [6.07, 6.45) is 2.14. The van der Waals surface area contributed by atoms with Gasteiger partial charge in [0.2, 0.25) is 5.91 Å². The predicted octanol–water partition coefficient (Wildman–Crippen LogP) is 3.85. The second kappa shape index (κ2) is 8.59. The van der Waals surface area contributed by atoms with Crippen LogP contribution in [0.15, 0.2) is 41.3 Å². The fourth-order valence-corrected chi connectivity index (χ4v) is 4.69. The van der Waals surface area contributed by atoms with Crippen molar-refractivity contribution in [3.05, 3.63) is 58.7 Å². The first-order valence-electron chi connectivity index (χ1n) is 10.0. The van der Waals surface area contributed by atoms with Crippen molar-refractivity contribution in [1.29, 1.82) is 0 Å². The lowest BCUT2D eigenvalue weighted by molar-refractivity contribution is -0.116. The Kier molecular flexibility index (Phi) is 5.92. The van der Waals surface area contributed by atoms with Gasteiger partial charge in [0.1, 0.15) is 0 Å². The molecule has 2 amide bonds. The molecule has 2 aliphatic heterocycles. The number of anilines is 1. The van der Waals surface area contributed by atoms with Crippen LogP contribution in [0.5, 0.6) is 0 Å². The highest BCUT2D eigenvalue weighted by Crippen LogP contribution is 2.37. The molecule has 1 atom stereocenters. The van der Waals surface area contributed by atoms with Gasteiger partial charge in [-0.2, -0.15) is 0 Å². The minimum absolute atomic E-state index is 0.0697. The second-order valence-corrected chi connectivity index (χ2v) is 8.74. The van der Waals surface area contributed by atoms with Gasteiger partial charge in [0.05, 0.1) is 24.1 Å². The maximum absolute atomic E-state index is 12.7. The maximum Gasteiger partial charge on any atom is 0.251 e. The van der Waals surface area contributed by atoms with Gasteiger partial charge in [-0.25, -0.2) is 0 Å². The number of thioether (sulfide) groups is 1. The van der Waals surface area contributed by atoms with Gasteiger partial charge in [-0.05, 0) is 56.0 Å². The van der Waals surface area contributed by atoms with Crippen LogP contribution in [-0.4, -0.2) is 36.8 Å². The van der Waals surface area contributed by atoms with Crippen molar-refractivity contribution < 1.29 is 14.3 Å². The van der Waals surface area contributed by atoms with Crippen molar-refractivity contribution in [2.45, 2.75) is 44.2 Å². The molecular weight excluding hydrogens is 384 g/mol. The average molecular weight is 411 g/mol. The molecule has 2 heterocycles. The van der Waals surface area contributed by atoms with Gasteiger partial charge in [0.15, 0.2) is 0 Å². The third-order valence-electron chi connectivity index (χ3n) is 5.51. The van der Waals surface area contributed by atoms with Crippen molar-refractivity contribution >= 4 is 29.3 Å². The first kappa shape index (κ1) is 20.0. The zero-order valence-electron chi connectivity index (χ0n) is 16.9. The van der Waals surface area contributed by atoms with Gasteiger partial charge in [0.25, 0.3) is 5.91 Å². The zero-order valence-corrected chi connectivity index (χ0v) is 17.7. The topological polar surface area (TPSA) is 58.6 Å². The van der Waals surface area contributed by atoms with Crippen molar-refractivity contribution in [3.8, 4) is 0 Å². The maximum atomic E-state index is 12.7. The molecule has 0 spiro atoms. The van der Waals surface area contributed by atoms with Crippen LogP contribution in [0.25, 0.3) is 0 Å². The highest BCUT2D eigenvalue weighted by molar-refractivity contribution is 8.00. The number of benzene rings is 2. The summed E-state index contributed by atoms with van der Waals surface area (Å²) in [6.45, 7) is 5.93. The number of hydrogen-bond donors (Lipinski definition) is 1. The molecule has 1 saturated heterocycles. The number of nitrogens with one attached hydrogen (secondary N) is 1. The fourth-order valence-electron chi connectivity index (χ4n) is 3.77. The van der Waals surface area contributed by atoms with E-state index >= 15 is 0 Å². The summed E-state index contributed by atoms with van der Waals surface area (Å²) in [7, 11) is 0. The van der Waals surface area contributed by atoms with E-state index in [0.717, 1.165) is 41.2 Å². The fraction of sp³-hybridized carbons (Fsp3) is 0.391. The summed E-state index contributed by atoms with van der Waals surface area (Å²) >= 11 is 1.53. The molecule has 2 aromatic carbocycles. The van der Waals surface area contributed by atoms with Gasteiger partial charge < -0.3 is 15.0 Å².